The Morgan fingerprint density at radius 1 is 1.35 bits per heavy atom. The molecule has 2 fully saturated rings. The number of nitrogens with one attached hydrogen (secondary N) is 2. The smallest absolute Gasteiger partial charge is 0.280 e. The Kier molecular flexibility index (Phi) is 4.05. The van der Waals surface area contributed by atoms with Crippen LogP contribution < -0.4 is 10.6 Å². The Labute approximate surface area is 148 Å². The molecule has 3 heterocycles. The molecule has 2 aromatic rings. The molecule has 7 heteroatoms. The van der Waals surface area contributed by atoms with Crippen LogP contribution in [-0.2, 0) is 0 Å². The van der Waals surface area contributed by atoms with Gasteiger partial charge in [0.25, 0.3) is 5.91 Å². The van der Waals surface area contributed by atoms with E-state index in [1.807, 2.05) is 6.07 Å². The normalized spacial score (nSPS) is 25.7. The largest absolute Gasteiger partial charge is 0.346 e. The molecule has 0 saturated carbocycles. The zero-order valence-electron chi connectivity index (χ0n) is 12.2. The van der Waals surface area contributed by atoms with E-state index in [1.165, 1.54) is 17.8 Å². The zero-order valence-corrected chi connectivity index (χ0v) is 14.5. The molecule has 23 heavy (non-hydrogen) atoms. The third-order valence-corrected chi connectivity index (χ3v) is 6.09. The van der Waals surface area contributed by atoms with Crippen molar-refractivity contribution in [3.05, 3.63) is 39.4 Å². The Morgan fingerprint density at radius 2 is 2.22 bits per heavy atom. The number of rotatable bonds is 3. The summed E-state index contributed by atoms with van der Waals surface area (Å²) in [6.45, 7) is 0. The maximum Gasteiger partial charge on any atom is 0.280 e. The Hall–Kier alpha value is -1.14. The minimum absolute atomic E-state index is 0.106. The van der Waals surface area contributed by atoms with Gasteiger partial charge in [-0.05, 0) is 31.4 Å². The minimum atomic E-state index is -0.106. The van der Waals surface area contributed by atoms with E-state index in [0.717, 1.165) is 23.3 Å². The molecule has 0 aliphatic carbocycles. The summed E-state index contributed by atoms with van der Waals surface area (Å²) >= 11 is 13.5. The maximum absolute atomic E-state index is 12.4. The van der Waals surface area contributed by atoms with Crippen molar-refractivity contribution in [2.24, 2.45) is 0 Å². The van der Waals surface area contributed by atoms with E-state index in [9.17, 15) is 4.79 Å². The van der Waals surface area contributed by atoms with Gasteiger partial charge in [-0.3, -0.25) is 4.79 Å². The Bertz CT molecular complexity index is 764. The molecule has 2 aliphatic rings. The number of amides is 1. The van der Waals surface area contributed by atoms with Gasteiger partial charge in [0.2, 0.25) is 0 Å². The summed E-state index contributed by atoms with van der Waals surface area (Å²) < 4.78 is 0. The molecule has 3 atom stereocenters. The lowest BCUT2D eigenvalue weighted by Crippen LogP contribution is -2.42. The van der Waals surface area contributed by atoms with E-state index >= 15 is 0 Å². The van der Waals surface area contributed by atoms with Crippen molar-refractivity contribution in [3.63, 3.8) is 0 Å². The van der Waals surface area contributed by atoms with E-state index in [0.29, 0.717) is 27.1 Å². The fourth-order valence-corrected chi connectivity index (χ4v) is 4.83. The number of nitrogens with zero attached hydrogens (tertiary/aromatic N) is 1. The molecule has 2 N–H and O–H groups in total. The van der Waals surface area contributed by atoms with Gasteiger partial charge in [-0.15, -0.1) is 11.3 Å². The molecule has 4 rings (SSSR count). The fraction of sp³-hybridized carbons (Fsp3) is 0.375. The number of hydrogen-bond donors (Lipinski definition) is 2. The highest BCUT2D eigenvalue weighted by atomic mass is 35.5. The highest BCUT2D eigenvalue weighted by Crippen LogP contribution is 2.34. The summed E-state index contributed by atoms with van der Waals surface area (Å²) in [7, 11) is 0. The van der Waals surface area contributed by atoms with E-state index in [1.54, 1.807) is 18.3 Å². The van der Waals surface area contributed by atoms with Gasteiger partial charge in [0.1, 0.15) is 0 Å². The monoisotopic (exact) mass is 367 g/mol. The summed E-state index contributed by atoms with van der Waals surface area (Å²) in [4.78, 5) is 17.5. The summed E-state index contributed by atoms with van der Waals surface area (Å²) in [6.07, 6.45) is 5.05. The van der Waals surface area contributed by atoms with Gasteiger partial charge in [-0.25, -0.2) is 4.98 Å². The van der Waals surface area contributed by atoms with Crippen LogP contribution in [-0.4, -0.2) is 29.0 Å². The molecule has 2 aliphatic heterocycles. The molecule has 2 bridgehead atoms. The molecule has 1 aromatic heterocycles. The lowest BCUT2D eigenvalue weighted by Gasteiger charge is -2.20. The van der Waals surface area contributed by atoms with Gasteiger partial charge < -0.3 is 10.6 Å². The van der Waals surface area contributed by atoms with Gasteiger partial charge in [0, 0.05) is 34.9 Å². The summed E-state index contributed by atoms with van der Waals surface area (Å²) in [5.41, 5.74) is 0.842. The lowest BCUT2D eigenvalue weighted by molar-refractivity contribution is 0.0930. The summed E-state index contributed by atoms with van der Waals surface area (Å²) in [5.74, 6) is -0.106. The molecule has 0 radical (unpaired) electrons. The van der Waals surface area contributed by atoms with Gasteiger partial charge in [0.15, 0.2) is 5.01 Å². The lowest BCUT2D eigenvalue weighted by atomic mass is 9.95. The van der Waals surface area contributed by atoms with Crippen LogP contribution in [0.5, 0.6) is 0 Å². The SMILES string of the molecule is O=C(NC1CC2CCC1N2)c1ncc(-c2ccc(Cl)cc2Cl)s1. The van der Waals surface area contributed by atoms with Crippen molar-refractivity contribution < 1.29 is 4.79 Å². The second kappa shape index (κ2) is 6.06. The third kappa shape index (κ3) is 2.98. The van der Waals surface area contributed by atoms with Crippen LogP contribution in [0.2, 0.25) is 10.0 Å². The van der Waals surface area contributed by atoms with Crippen molar-refractivity contribution >= 4 is 40.4 Å². The Balaban J connectivity index is 1.50. The Morgan fingerprint density at radius 3 is 2.91 bits per heavy atom. The second-order valence-electron chi connectivity index (χ2n) is 6.02. The second-order valence-corrected chi connectivity index (χ2v) is 7.89. The van der Waals surface area contributed by atoms with Crippen LogP contribution in [0.1, 0.15) is 29.1 Å². The van der Waals surface area contributed by atoms with Crippen molar-refractivity contribution in [1.29, 1.82) is 0 Å². The third-order valence-electron chi connectivity index (χ3n) is 4.51. The van der Waals surface area contributed by atoms with Gasteiger partial charge in [0.05, 0.1) is 9.90 Å². The van der Waals surface area contributed by atoms with Crippen LogP contribution >= 0.6 is 34.5 Å². The predicted molar refractivity (Wildman–Crippen MR) is 93.4 cm³/mol. The van der Waals surface area contributed by atoms with E-state index in [4.69, 9.17) is 23.2 Å². The quantitative estimate of drug-likeness (QED) is 0.868. The molecular formula is C16H15Cl2N3OS. The van der Waals surface area contributed by atoms with Crippen molar-refractivity contribution in [1.82, 2.24) is 15.6 Å². The summed E-state index contributed by atoms with van der Waals surface area (Å²) in [6, 6.07) is 6.51. The fourth-order valence-electron chi connectivity index (χ4n) is 3.41. The number of hydrogen-bond acceptors (Lipinski definition) is 4. The van der Waals surface area contributed by atoms with Crippen LogP contribution in [0.15, 0.2) is 24.4 Å². The molecule has 2 saturated heterocycles. The van der Waals surface area contributed by atoms with E-state index in [2.05, 4.69) is 15.6 Å². The highest BCUT2D eigenvalue weighted by Gasteiger charge is 2.39. The average molecular weight is 368 g/mol. The average Bonchev–Trinajstić information content (AvgIpc) is 3.23. The number of fused-ring (bicyclic) bond motifs is 2. The van der Waals surface area contributed by atoms with Gasteiger partial charge in [-0.1, -0.05) is 29.3 Å². The first kappa shape index (κ1) is 15.4. The van der Waals surface area contributed by atoms with Gasteiger partial charge in [-0.2, -0.15) is 0 Å². The first-order chi connectivity index (χ1) is 11.1. The van der Waals surface area contributed by atoms with Crippen molar-refractivity contribution in [2.75, 3.05) is 0 Å². The zero-order chi connectivity index (χ0) is 16.0. The molecular weight excluding hydrogens is 353 g/mol. The predicted octanol–water partition coefficient (Wildman–Crippen LogP) is 3.74. The highest BCUT2D eigenvalue weighted by molar-refractivity contribution is 7.17. The number of carbonyl (C=O) groups is 1. The van der Waals surface area contributed by atoms with Gasteiger partial charge >= 0.3 is 0 Å². The number of aromatic nitrogens is 1. The molecule has 1 amide bonds. The first-order valence-corrected chi connectivity index (χ1v) is 9.15. The molecule has 0 spiro atoms. The minimum Gasteiger partial charge on any atom is -0.346 e. The summed E-state index contributed by atoms with van der Waals surface area (Å²) in [5, 5.41) is 8.24. The van der Waals surface area contributed by atoms with Crippen molar-refractivity contribution in [2.45, 2.75) is 37.4 Å². The van der Waals surface area contributed by atoms with E-state index < -0.39 is 0 Å². The topological polar surface area (TPSA) is 54.0 Å². The number of carbonyl (C=O) groups excluding carboxylic acids is 1. The first-order valence-electron chi connectivity index (χ1n) is 7.58. The van der Waals surface area contributed by atoms with E-state index in [-0.39, 0.29) is 11.9 Å². The standard InChI is InChI=1S/C16H15Cl2N3OS/c17-8-1-3-10(11(18)5-8)14-7-19-16(23-14)15(22)21-13-6-9-2-4-12(13)20-9/h1,3,5,7,9,12-13,20H,2,4,6H2,(H,21,22). The molecule has 120 valence electrons. The maximum atomic E-state index is 12.4. The molecule has 1 aromatic carbocycles. The van der Waals surface area contributed by atoms with Crippen LogP contribution in [0, 0.1) is 0 Å². The number of thiazole rings is 1. The molecule has 4 nitrogen and oxygen atoms in total. The van der Waals surface area contributed by atoms with Crippen LogP contribution in [0.4, 0.5) is 0 Å². The number of halogens is 2. The number of benzene rings is 1. The van der Waals surface area contributed by atoms with Crippen molar-refractivity contribution in [3.8, 4) is 10.4 Å². The van der Waals surface area contributed by atoms with Crippen LogP contribution in [0.3, 0.4) is 0 Å². The molecule has 3 unspecified atom stereocenters. The van der Waals surface area contributed by atoms with Crippen LogP contribution in [0.25, 0.3) is 10.4 Å².